The van der Waals surface area contributed by atoms with E-state index in [9.17, 15) is 0 Å². The molecule has 48 heavy (non-hydrogen) atoms. The summed E-state index contributed by atoms with van der Waals surface area (Å²) in [7, 11) is 0. The van der Waals surface area contributed by atoms with Crippen molar-refractivity contribution in [1.82, 2.24) is 0 Å². The third kappa shape index (κ3) is 4.06. The quantitative estimate of drug-likeness (QED) is 0.184. The molecule has 10 rings (SSSR count). The van der Waals surface area contributed by atoms with E-state index in [4.69, 9.17) is 4.42 Å². The van der Waals surface area contributed by atoms with Crippen molar-refractivity contribution >= 4 is 82.1 Å². The van der Waals surface area contributed by atoms with Gasteiger partial charge in [0.1, 0.15) is 11.2 Å². The standard InChI is InChI=1S/C46H29NO/c1-2-12-33(13-3-1)47(43-19-10-18-40-37(43)27-28-41-38-16-8-9-20-44(38)48-46(40)41)34-25-23-31(24-26-34)42-29-32-22-21-30-11-4-5-14-35(30)45(32)39-17-7-6-15-36(39)42/h1-29H. The zero-order valence-corrected chi connectivity index (χ0v) is 26.1. The van der Waals surface area contributed by atoms with E-state index >= 15 is 0 Å². The average Bonchev–Trinajstić information content (AvgIpc) is 3.55. The molecule has 224 valence electrons. The highest BCUT2D eigenvalue weighted by Crippen LogP contribution is 2.44. The molecule has 2 nitrogen and oxygen atoms in total. The van der Waals surface area contributed by atoms with Gasteiger partial charge in [0.2, 0.25) is 0 Å². The van der Waals surface area contributed by atoms with Gasteiger partial charge in [-0.25, -0.2) is 0 Å². The van der Waals surface area contributed by atoms with Crippen molar-refractivity contribution in [2.24, 2.45) is 0 Å². The molecule has 0 aliphatic heterocycles. The molecule has 0 fully saturated rings. The molecular formula is C46H29NO. The number of anilines is 3. The number of fused-ring (bicyclic) bond motifs is 10. The molecule has 1 aromatic heterocycles. The van der Waals surface area contributed by atoms with Gasteiger partial charge >= 0.3 is 0 Å². The highest BCUT2D eigenvalue weighted by molar-refractivity contribution is 6.23. The Kier molecular flexibility index (Phi) is 5.91. The normalized spacial score (nSPS) is 11.8. The maximum absolute atomic E-state index is 6.45. The van der Waals surface area contributed by atoms with Gasteiger partial charge in [-0.15, -0.1) is 0 Å². The van der Waals surface area contributed by atoms with Crippen molar-refractivity contribution in [3.63, 3.8) is 0 Å². The van der Waals surface area contributed by atoms with Gasteiger partial charge in [0.25, 0.3) is 0 Å². The summed E-state index contributed by atoms with van der Waals surface area (Å²) in [5.41, 5.74) is 7.58. The van der Waals surface area contributed by atoms with Crippen molar-refractivity contribution in [1.29, 1.82) is 0 Å². The Morgan fingerprint density at radius 1 is 0.375 bits per heavy atom. The van der Waals surface area contributed by atoms with E-state index in [1.54, 1.807) is 0 Å². The highest BCUT2D eigenvalue weighted by atomic mass is 16.3. The van der Waals surface area contributed by atoms with Crippen LogP contribution in [0.3, 0.4) is 0 Å². The number of hydrogen-bond donors (Lipinski definition) is 0. The van der Waals surface area contributed by atoms with Crippen molar-refractivity contribution in [3.8, 4) is 11.1 Å². The number of furan rings is 1. The van der Waals surface area contributed by atoms with E-state index < -0.39 is 0 Å². The van der Waals surface area contributed by atoms with Gasteiger partial charge in [-0.05, 0) is 92.0 Å². The monoisotopic (exact) mass is 611 g/mol. The van der Waals surface area contributed by atoms with Crippen LogP contribution in [0.25, 0.3) is 76.2 Å². The smallest absolute Gasteiger partial charge is 0.143 e. The molecule has 0 N–H and O–H groups in total. The molecule has 0 spiro atoms. The molecule has 0 saturated carbocycles. The zero-order chi connectivity index (χ0) is 31.6. The molecule has 0 saturated heterocycles. The second-order valence-electron chi connectivity index (χ2n) is 12.5. The van der Waals surface area contributed by atoms with Gasteiger partial charge in [0, 0.05) is 32.9 Å². The van der Waals surface area contributed by atoms with Crippen molar-refractivity contribution in [2.45, 2.75) is 0 Å². The Labute approximate surface area is 277 Å². The SMILES string of the molecule is c1ccc(N(c2ccc(-c3cc4ccc5ccccc5c4c4ccccc34)cc2)c2cccc3c2ccc2c4ccccc4oc32)cc1. The van der Waals surface area contributed by atoms with E-state index in [0.29, 0.717) is 0 Å². The Balaban J connectivity index is 1.15. The molecule has 0 radical (unpaired) electrons. The van der Waals surface area contributed by atoms with Crippen molar-refractivity contribution in [2.75, 3.05) is 4.90 Å². The molecule has 10 aromatic rings. The first-order valence-electron chi connectivity index (χ1n) is 16.4. The van der Waals surface area contributed by atoms with Crippen LogP contribution in [0.2, 0.25) is 0 Å². The predicted octanol–water partition coefficient (Wildman–Crippen LogP) is 13.3. The first-order chi connectivity index (χ1) is 23.8. The van der Waals surface area contributed by atoms with E-state index in [-0.39, 0.29) is 0 Å². The fourth-order valence-electron chi connectivity index (χ4n) is 7.63. The fourth-order valence-corrected chi connectivity index (χ4v) is 7.63. The number of para-hydroxylation sites is 2. The van der Waals surface area contributed by atoms with Crippen LogP contribution in [0.4, 0.5) is 17.1 Å². The molecule has 9 aromatic carbocycles. The second kappa shape index (κ2) is 10.6. The maximum Gasteiger partial charge on any atom is 0.143 e. The van der Waals surface area contributed by atoms with E-state index in [2.05, 4.69) is 169 Å². The highest BCUT2D eigenvalue weighted by Gasteiger charge is 2.19. The molecule has 0 atom stereocenters. The summed E-state index contributed by atoms with van der Waals surface area (Å²) >= 11 is 0. The van der Waals surface area contributed by atoms with Crippen LogP contribution >= 0.6 is 0 Å². The Hall–Kier alpha value is -6.38. The maximum atomic E-state index is 6.45. The average molecular weight is 612 g/mol. The molecule has 0 amide bonds. The largest absolute Gasteiger partial charge is 0.455 e. The lowest BCUT2D eigenvalue weighted by atomic mass is 9.90. The fraction of sp³-hybridized carbons (Fsp3) is 0. The van der Waals surface area contributed by atoms with E-state index in [1.807, 2.05) is 12.1 Å². The van der Waals surface area contributed by atoms with E-state index in [0.717, 1.165) is 49.8 Å². The van der Waals surface area contributed by atoms with Crippen LogP contribution in [0.5, 0.6) is 0 Å². The van der Waals surface area contributed by atoms with E-state index in [1.165, 1.54) is 43.4 Å². The number of benzene rings is 9. The molecular weight excluding hydrogens is 583 g/mol. The topological polar surface area (TPSA) is 16.4 Å². The van der Waals surface area contributed by atoms with Gasteiger partial charge in [0.05, 0.1) is 5.69 Å². The van der Waals surface area contributed by atoms with Crippen LogP contribution in [0.15, 0.2) is 180 Å². The minimum atomic E-state index is 0.912. The molecule has 2 heteroatoms. The third-order valence-corrected chi connectivity index (χ3v) is 9.82. The molecule has 0 unspecified atom stereocenters. The summed E-state index contributed by atoms with van der Waals surface area (Å²) in [6, 6.07) is 63.3. The summed E-state index contributed by atoms with van der Waals surface area (Å²) in [6.07, 6.45) is 0. The number of rotatable bonds is 4. The Morgan fingerprint density at radius 3 is 1.85 bits per heavy atom. The number of nitrogens with zero attached hydrogens (tertiary/aromatic N) is 1. The zero-order valence-electron chi connectivity index (χ0n) is 26.1. The second-order valence-corrected chi connectivity index (χ2v) is 12.5. The summed E-state index contributed by atoms with van der Waals surface area (Å²) in [4.78, 5) is 2.35. The van der Waals surface area contributed by atoms with Crippen LogP contribution in [0.1, 0.15) is 0 Å². The summed E-state index contributed by atoms with van der Waals surface area (Å²) < 4.78 is 6.45. The summed E-state index contributed by atoms with van der Waals surface area (Å²) in [6.45, 7) is 0. The molecule has 0 bridgehead atoms. The summed E-state index contributed by atoms with van der Waals surface area (Å²) in [5.74, 6) is 0. The van der Waals surface area contributed by atoms with Crippen LogP contribution in [-0.2, 0) is 0 Å². The minimum Gasteiger partial charge on any atom is -0.455 e. The number of hydrogen-bond acceptors (Lipinski definition) is 2. The van der Waals surface area contributed by atoms with Crippen molar-refractivity contribution in [3.05, 3.63) is 176 Å². The van der Waals surface area contributed by atoms with Gasteiger partial charge in [-0.2, -0.15) is 0 Å². The molecule has 0 aliphatic carbocycles. The molecule has 1 heterocycles. The Bertz CT molecular complexity index is 2830. The lowest BCUT2D eigenvalue weighted by molar-refractivity contribution is 0.672. The lowest BCUT2D eigenvalue weighted by Crippen LogP contribution is -2.10. The molecule has 0 aliphatic rings. The van der Waals surface area contributed by atoms with Crippen LogP contribution < -0.4 is 4.90 Å². The first-order valence-corrected chi connectivity index (χ1v) is 16.4. The predicted molar refractivity (Wildman–Crippen MR) is 204 cm³/mol. The van der Waals surface area contributed by atoms with Gasteiger partial charge in [0.15, 0.2) is 0 Å². The van der Waals surface area contributed by atoms with Crippen LogP contribution in [-0.4, -0.2) is 0 Å². The van der Waals surface area contributed by atoms with Gasteiger partial charge in [-0.1, -0.05) is 127 Å². The van der Waals surface area contributed by atoms with Gasteiger partial charge in [-0.3, -0.25) is 0 Å². The third-order valence-electron chi connectivity index (χ3n) is 9.82. The van der Waals surface area contributed by atoms with Crippen LogP contribution in [0, 0.1) is 0 Å². The van der Waals surface area contributed by atoms with Crippen molar-refractivity contribution < 1.29 is 4.42 Å². The van der Waals surface area contributed by atoms with Gasteiger partial charge < -0.3 is 9.32 Å². The summed E-state index contributed by atoms with van der Waals surface area (Å²) in [5, 5.41) is 12.2. The first kappa shape index (κ1) is 26.8. The lowest BCUT2D eigenvalue weighted by Gasteiger charge is -2.27. The minimum absolute atomic E-state index is 0.912. The Morgan fingerprint density at radius 2 is 1.00 bits per heavy atom.